The number of rotatable bonds is 7. The van der Waals surface area contributed by atoms with E-state index in [-0.39, 0.29) is 41.7 Å². The molecule has 1 aliphatic carbocycles. The summed E-state index contributed by atoms with van der Waals surface area (Å²) >= 11 is 6.14. The van der Waals surface area contributed by atoms with Crippen LogP contribution in [0.2, 0.25) is 0 Å². The van der Waals surface area contributed by atoms with E-state index in [1.165, 1.54) is 5.57 Å². The van der Waals surface area contributed by atoms with Gasteiger partial charge in [-0.25, -0.2) is 4.68 Å². The van der Waals surface area contributed by atoms with Gasteiger partial charge >= 0.3 is 0 Å². The Balaban J connectivity index is 0.00000320. The molecule has 3 rings (SSSR count). The molecule has 2 aliphatic rings. The molecule has 0 saturated carbocycles. The van der Waals surface area contributed by atoms with Crippen LogP contribution in [0.5, 0.6) is 0 Å². The third-order valence-corrected chi connectivity index (χ3v) is 6.46. The zero-order valence-corrected chi connectivity index (χ0v) is 19.7. The molecule has 0 aromatic carbocycles. The Morgan fingerprint density at radius 3 is 2.53 bits per heavy atom. The maximum absolute atomic E-state index is 13.3. The van der Waals surface area contributed by atoms with Crippen LogP contribution in [0.3, 0.4) is 0 Å². The fourth-order valence-electron chi connectivity index (χ4n) is 4.57. The van der Waals surface area contributed by atoms with Crippen LogP contribution in [0.15, 0.2) is 29.1 Å². The SMILES string of the molecule is C.CC(C)[C@@H](NCCn1cnnn1)C(=O)N1CCC(C2=CC=C(Cl)CC2)C(C)(C)C1.O.O. The summed E-state index contributed by atoms with van der Waals surface area (Å²) in [6.45, 7) is 11.6. The number of carbonyl (C=O) groups excluding carboxylic acids is 1. The number of hydrogen-bond acceptors (Lipinski definition) is 5. The van der Waals surface area contributed by atoms with Gasteiger partial charge in [-0.1, -0.05) is 58.4 Å². The first-order valence-electron chi connectivity index (χ1n) is 10.6. The smallest absolute Gasteiger partial charge is 0.239 e. The lowest BCUT2D eigenvalue weighted by Gasteiger charge is -2.47. The second-order valence-electron chi connectivity index (χ2n) is 9.19. The molecule has 184 valence electrons. The number of nitrogens with one attached hydrogen (secondary N) is 1. The van der Waals surface area contributed by atoms with Gasteiger partial charge in [0.1, 0.15) is 6.33 Å². The fraction of sp³-hybridized carbons (Fsp3) is 0.727. The molecule has 5 N–H and O–H groups in total. The Labute approximate surface area is 196 Å². The number of hydrogen-bond donors (Lipinski definition) is 1. The van der Waals surface area contributed by atoms with Crippen LogP contribution >= 0.6 is 11.6 Å². The fourth-order valence-corrected chi connectivity index (χ4v) is 4.73. The van der Waals surface area contributed by atoms with Crippen molar-refractivity contribution in [3.63, 3.8) is 0 Å². The lowest BCUT2D eigenvalue weighted by Crippen LogP contribution is -2.55. The summed E-state index contributed by atoms with van der Waals surface area (Å²) in [6, 6.07) is -0.200. The molecule has 1 aromatic rings. The molecule has 32 heavy (non-hydrogen) atoms. The minimum Gasteiger partial charge on any atom is -0.412 e. The summed E-state index contributed by atoms with van der Waals surface area (Å²) < 4.78 is 1.67. The average Bonchev–Trinajstić information content (AvgIpc) is 3.18. The minimum atomic E-state index is -0.200. The first-order chi connectivity index (χ1) is 13.8. The van der Waals surface area contributed by atoms with E-state index in [1.54, 1.807) is 11.0 Å². The highest BCUT2D eigenvalue weighted by Crippen LogP contribution is 2.42. The van der Waals surface area contributed by atoms with Crippen LogP contribution in [0, 0.1) is 17.3 Å². The summed E-state index contributed by atoms with van der Waals surface area (Å²) in [5.41, 5.74) is 1.53. The Kier molecular flexibility index (Phi) is 12.3. The van der Waals surface area contributed by atoms with Crippen molar-refractivity contribution in [3.05, 3.63) is 29.1 Å². The van der Waals surface area contributed by atoms with Crippen molar-refractivity contribution in [1.29, 1.82) is 0 Å². The molecule has 2 atom stereocenters. The normalized spacial score (nSPS) is 20.8. The quantitative estimate of drug-likeness (QED) is 0.646. The van der Waals surface area contributed by atoms with E-state index in [4.69, 9.17) is 11.6 Å². The summed E-state index contributed by atoms with van der Waals surface area (Å²) in [5.74, 6) is 0.909. The van der Waals surface area contributed by atoms with Gasteiger partial charge in [0.2, 0.25) is 5.91 Å². The molecule has 1 aromatic heterocycles. The number of carbonyl (C=O) groups is 1. The number of allylic oxidation sites excluding steroid dienone is 4. The van der Waals surface area contributed by atoms with Crippen molar-refractivity contribution >= 4 is 17.5 Å². The first-order valence-corrected chi connectivity index (χ1v) is 10.9. The topological polar surface area (TPSA) is 139 Å². The van der Waals surface area contributed by atoms with Gasteiger partial charge in [0.05, 0.1) is 12.6 Å². The molecular formula is C22H41ClN6O3. The van der Waals surface area contributed by atoms with Crippen molar-refractivity contribution in [2.45, 2.75) is 67.0 Å². The van der Waals surface area contributed by atoms with Crippen molar-refractivity contribution in [2.75, 3.05) is 19.6 Å². The second-order valence-corrected chi connectivity index (χ2v) is 9.68. The third-order valence-electron chi connectivity index (χ3n) is 6.15. The van der Waals surface area contributed by atoms with Gasteiger partial charge in [-0.3, -0.25) is 4.79 Å². The van der Waals surface area contributed by atoms with Crippen molar-refractivity contribution in [2.24, 2.45) is 17.3 Å². The van der Waals surface area contributed by atoms with Gasteiger partial charge in [0.25, 0.3) is 0 Å². The zero-order chi connectivity index (χ0) is 21.0. The van der Waals surface area contributed by atoms with Gasteiger partial charge in [-0.05, 0) is 53.0 Å². The predicted molar refractivity (Wildman–Crippen MR) is 128 cm³/mol. The first kappa shape index (κ1) is 30.2. The van der Waals surface area contributed by atoms with Crippen LogP contribution in [0.4, 0.5) is 0 Å². The predicted octanol–water partition coefficient (Wildman–Crippen LogP) is 1.99. The largest absolute Gasteiger partial charge is 0.412 e. The second kappa shape index (κ2) is 13.0. The molecule has 0 spiro atoms. The molecule has 10 heteroatoms. The third kappa shape index (κ3) is 7.37. The highest BCUT2D eigenvalue weighted by molar-refractivity contribution is 6.29. The number of piperidine rings is 1. The lowest BCUT2D eigenvalue weighted by molar-refractivity contribution is -0.138. The van der Waals surface area contributed by atoms with Crippen LogP contribution in [0.25, 0.3) is 0 Å². The standard InChI is InChI=1S/C21H33ClN6O.CH4.2H2O/c1-15(2)19(23-10-12-28-14-24-25-26-28)20(29)27-11-9-18(21(3,4)13-27)16-5-7-17(22)8-6-16;;;/h5,7,14-15,18-19,23H,6,8-13H2,1-4H3;1H4;2*1H2/t18?,19-;;;/m1.../s1. The van der Waals surface area contributed by atoms with Crippen molar-refractivity contribution in [1.82, 2.24) is 30.4 Å². The van der Waals surface area contributed by atoms with Crippen LogP contribution in [-0.4, -0.2) is 67.6 Å². The molecule has 1 aliphatic heterocycles. The maximum atomic E-state index is 13.3. The van der Waals surface area contributed by atoms with Gasteiger partial charge in [-0.15, -0.1) is 5.10 Å². The average molecular weight is 473 g/mol. The summed E-state index contributed by atoms with van der Waals surface area (Å²) in [6.07, 6.45) is 8.80. The Bertz CT molecular complexity index is 764. The molecule has 1 saturated heterocycles. The van der Waals surface area contributed by atoms with Crippen LogP contribution in [0.1, 0.15) is 54.4 Å². The Morgan fingerprint density at radius 2 is 2.00 bits per heavy atom. The molecule has 0 bridgehead atoms. The van der Waals surface area contributed by atoms with Gasteiger partial charge in [0.15, 0.2) is 0 Å². The van der Waals surface area contributed by atoms with E-state index in [1.807, 2.05) is 6.08 Å². The van der Waals surface area contributed by atoms with E-state index in [0.717, 1.165) is 37.4 Å². The van der Waals surface area contributed by atoms with Crippen molar-refractivity contribution < 1.29 is 15.7 Å². The summed E-state index contributed by atoms with van der Waals surface area (Å²) in [5, 5.41) is 15.5. The van der Waals surface area contributed by atoms with E-state index in [9.17, 15) is 4.79 Å². The molecule has 1 amide bonds. The van der Waals surface area contributed by atoms with E-state index in [0.29, 0.717) is 19.0 Å². The van der Waals surface area contributed by atoms with E-state index < -0.39 is 0 Å². The number of tetrazole rings is 1. The number of amides is 1. The van der Waals surface area contributed by atoms with E-state index in [2.05, 4.69) is 59.5 Å². The number of likely N-dealkylation sites (tertiary alicyclic amines) is 1. The Hall–Kier alpha value is -1.81. The van der Waals surface area contributed by atoms with Gasteiger partial charge in [0, 0.05) is 24.7 Å². The molecule has 9 nitrogen and oxygen atoms in total. The minimum absolute atomic E-state index is 0. The van der Waals surface area contributed by atoms with Crippen LogP contribution < -0.4 is 5.32 Å². The zero-order valence-electron chi connectivity index (χ0n) is 18.9. The molecule has 2 heterocycles. The van der Waals surface area contributed by atoms with Crippen molar-refractivity contribution in [3.8, 4) is 0 Å². The van der Waals surface area contributed by atoms with Gasteiger partial charge < -0.3 is 21.2 Å². The number of halogens is 1. The summed E-state index contributed by atoms with van der Waals surface area (Å²) in [4.78, 5) is 15.4. The maximum Gasteiger partial charge on any atom is 0.239 e. The van der Waals surface area contributed by atoms with Crippen LogP contribution in [-0.2, 0) is 11.3 Å². The summed E-state index contributed by atoms with van der Waals surface area (Å²) in [7, 11) is 0. The monoisotopic (exact) mass is 472 g/mol. The highest BCUT2D eigenvalue weighted by atomic mass is 35.5. The highest BCUT2D eigenvalue weighted by Gasteiger charge is 2.40. The van der Waals surface area contributed by atoms with E-state index >= 15 is 0 Å². The lowest BCUT2D eigenvalue weighted by atomic mass is 9.68. The molecule has 1 unspecified atom stereocenters. The molecule has 1 fully saturated rings. The Morgan fingerprint density at radius 1 is 1.28 bits per heavy atom. The molecular weight excluding hydrogens is 432 g/mol. The van der Waals surface area contributed by atoms with Gasteiger partial charge in [-0.2, -0.15) is 0 Å². The number of nitrogens with zero attached hydrogens (tertiary/aromatic N) is 5. The molecule has 0 radical (unpaired) electrons. The number of aromatic nitrogens is 4.